The van der Waals surface area contributed by atoms with Crippen molar-refractivity contribution in [2.24, 2.45) is 0 Å². The van der Waals surface area contributed by atoms with Gasteiger partial charge in [0.1, 0.15) is 5.75 Å². The Bertz CT molecular complexity index is 650. The van der Waals surface area contributed by atoms with Gasteiger partial charge in [-0.1, -0.05) is 0 Å². The van der Waals surface area contributed by atoms with Gasteiger partial charge in [-0.05, 0) is 39.0 Å². The number of anilines is 1. The fraction of sp³-hybridized carbons (Fsp3) is 0.556. The number of morpholine rings is 1. The van der Waals surface area contributed by atoms with Gasteiger partial charge in [0.25, 0.3) is 5.91 Å². The van der Waals surface area contributed by atoms with E-state index in [1.54, 1.807) is 36.9 Å². The lowest BCUT2D eigenvalue weighted by Gasteiger charge is -2.40. The molecule has 0 spiro atoms. The fourth-order valence-electron chi connectivity index (χ4n) is 3.07. The number of hydrogen-bond acceptors (Lipinski definition) is 5. The molecule has 0 radical (unpaired) electrons. The Morgan fingerprint density at radius 1 is 1.21 bits per heavy atom. The van der Waals surface area contributed by atoms with Crippen LogP contribution in [0.5, 0.6) is 5.75 Å². The number of carbonyl (C=O) groups excluding carboxylic acids is 2. The standard InChI is InChI=1S/C18H24N2O4/c1-13(21)14-4-5-16-15(12-14)20(17(22)18(2,3)24-16)7-6-19-8-10-23-11-9-19/h4-5,12H,6-11H2,1-3H3. The average molecular weight is 332 g/mol. The third-order valence-electron chi connectivity index (χ3n) is 4.53. The van der Waals surface area contributed by atoms with Gasteiger partial charge in [0.05, 0.1) is 18.9 Å². The molecule has 6 nitrogen and oxygen atoms in total. The molecular formula is C18H24N2O4. The van der Waals surface area contributed by atoms with Crippen molar-refractivity contribution >= 4 is 17.4 Å². The van der Waals surface area contributed by atoms with Gasteiger partial charge in [-0.3, -0.25) is 14.5 Å². The van der Waals surface area contributed by atoms with Crippen LogP contribution >= 0.6 is 0 Å². The van der Waals surface area contributed by atoms with Crippen LogP contribution in [0, 0.1) is 0 Å². The molecule has 1 aromatic rings. The molecule has 0 aliphatic carbocycles. The van der Waals surface area contributed by atoms with Gasteiger partial charge in [-0.2, -0.15) is 0 Å². The second-order valence-corrected chi connectivity index (χ2v) is 6.76. The van der Waals surface area contributed by atoms with E-state index in [0.717, 1.165) is 32.8 Å². The van der Waals surface area contributed by atoms with Crippen LogP contribution in [0.15, 0.2) is 18.2 Å². The summed E-state index contributed by atoms with van der Waals surface area (Å²) in [6.45, 7) is 9.63. The van der Waals surface area contributed by atoms with E-state index in [1.165, 1.54) is 6.92 Å². The summed E-state index contributed by atoms with van der Waals surface area (Å²) in [6, 6.07) is 5.28. The maximum atomic E-state index is 12.8. The van der Waals surface area contributed by atoms with Gasteiger partial charge >= 0.3 is 0 Å². The minimum Gasteiger partial charge on any atom is -0.476 e. The summed E-state index contributed by atoms with van der Waals surface area (Å²) in [5.74, 6) is 0.541. The van der Waals surface area contributed by atoms with E-state index in [-0.39, 0.29) is 11.7 Å². The minimum absolute atomic E-state index is 0.0248. The van der Waals surface area contributed by atoms with E-state index in [2.05, 4.69) is 4.90 Å². The maximum absolute atomic E-state index is 12.8. The molecule has 130 valence electrons. The van der Waals surface area contributed by atoms with Crippen molar-refractivity contribution in [2.45, 2.75) is 26.4 Å². The first-order chi connectivity index (χ1) is 11.4. The quantitative estimate of drug-likeness (QED) is 0.786. The van der Waals surface area contributed by atoms with E-state index in [0.29, 0.717) is 23.5 Å². The minimum atomic E-state index is -0.907. The molecule has 6 heteroatoms. The van der Waals surface area contributed by atoms with Crippen molar-refractivity contribution in [3.63, 3.8) is 0 Å². The number of hydrogen-bond donors (Lipinski definition) is 0. The lowest BCUT2D eigenvalue weighted by Crippen LogP contribution is -2.54. The van der Waals surface area contributed by atoms with Gasteiger partial charge in [-0.25, -0.2) is 0 Å². The van der Waals surface area contributed by atoms with E-state index < -0.39 is 5.60 Å². The molecule has 0 N–H and O–H groups in total. The Morgan fingerprint density at radius 3 is 2.58 bits per heavy atom. The first kappa shape index (κ1) is 16.9. The molecule has 1 fully saturated rings. The number of Topliss-reactive ketones (excluding diaryl/α,β-unsaturated/α-hetero) is 1. The highest BCUT2D eigenvalue weighted by atomic mass is 16.5. The van der Waals surface area contributed by atoms with Crippen LogP contribution in [-0.4, -0.2) is 61.6 Å². The highest BCUT2D eigenvalue weighted by Gasteiger charge is 2.41. The number of carbonyl (C=O) groups is 2. The molecule has 2 aliphatic rings. The summed E-state index contributed by atoms with van der Waals surface area (Å²) in [7, 11) is 0. The normalized spacial score (nSPS) is 20.5. The number of fused-ring (bicyclic) bond motifs is 1. The number of nitrogens with zero attached hydrogens (tertiary/aromatic N) is 2. The molecule has 2 aliphatic heterocycles. The number of rotatable bonds is 4. The van der Waals surface area contributed by atoms with Gasteiger partial charge in [0.15, 0.2) is 11.4 Å². The average Bonchev–Trinajstić information content (AvgIpc) is 2.55. The van der Waals surface area contributed by atoms with Crippen LogP contribution in [-0.2, 0) is 9.53 Å². The number of amides is 1. The van der Waals surface area contributed by atoms with Crippen LogP contribution in [0.2, 0.25) is 0 Å². The fourth-order valence-corrected chi connectivity index (χ4v) is 3.07. The van der Waals surface area contributed by atoms with Gasteiger partial charge in [0, 0.05) is 31.7 Å². The topological polar surface area (TPSA) is 59.1 Å². The highest BCUT2D eigenvalue weighted by molar-refractivity contribution is 6.04. The second kappa shape index (κ2) is 6.53. The van der Waals surface area contributed by atoms with Crippen LogP contribution in [0.1, 0.15) is 31.1 Å². The van der Waals surface area contributed by atoms with E-state index in [1.807, 2.05) is 0 Å². The molecule has 1 amide bonds. The number of ketones is 1. The third kappa shape index (κ3) is 3.30. The Kier molecular flexibility index (Phi) is 4.60. The molecule has 24 heavy (non-hydrogen) atoms. The van der Waals surface area contributed by atoms with E-state index in [9.17, 15) is 9.59 Å². The van der Waals surface area contributed by atoms with E-state index in [4.69, 9.17) is 9.47 Å². The van der Waals surface area contributed by atoms with Crippen molar-refractivity contribution in [3.8, 4) is 5.75 Å². The molecule has 2 heterocycles. The Labute approximate surface area is 142 Å². The Balaban J connectivity index is 1.86. The number of ether oxygens (including phenoxy) is 2. The SMILES string of the molecule is CC(=O)c1ccc2c(c1)N(CCN1CCOCC1)C(=O)C(C)(C)O2. The molecule has 0 bridgehead atoms. The largest absolute Gasteiger partial charge is 0.476 e. The van der Waals surface area contributed by atoms with Crippen LogP contribution in [0.25, 0.3) is 0 Å². The first-order valence-electron chi connectivity index (χ1n) is 8.34. The predicted octanol–water partition coefficient (Wildman–Crippen LogP) is 1.73. The molecule has 1 aromatic carbocycles. The molecule has 0 aromatic heterocycles. The zero-order valence-corrected chi connectivity index (χ0v) is 14.5. The van der Waals surface area contributed by atoms with Crippen molar-refractivity contribution < 1.29 is 19.1 Å². The third-order valence-corrected chi connectivity index (χ3v) is 4.53. The highest BCUT2D eigenvalue weighted by Crippen LogP contribution is 2.38. The maximum Gasteiger partial charge on any atom is 0.270 e. The lowest BCUT2D eigenvalue weighted by atomic mass is 10.0. The van der Waals surface area contributed by atoms with Crippen molar-refractivity contribution in [2.75, 3.05) is 44.3 Å². The van der Waals surface area contributed by atoms with Gasteiger partial charge < -0.3 is 14.4 Å². The second-order valence-electron chi connectivity index (χ2n) is 6.76. The van der Waals surface area contributed by atoms with Crippen molar-refractivity contribution in [1.82, 2.24) is 4.90 Å². The Hall–Kier alpha value is -1.92. The number of benzene rings is 1. The summed E-state index contributed by atoms with van der Waals surface area (Å²) >= 11 is 0. The zero-order valence-electron chi connectivity index (χ0n) is 14.5. The van der Waals surface area contributed by atoms with Crippen LogP contribution in [0.3, 0.4) is 0 Å². The summed E-state index contributed by atoms with van der Waals surface area (Å²) in [4.78, 5) is 28.6. The molecule has 3 rings (SSSR count). The summed E-state index contributed by atoms with van der Waals surface area (Å²) in [5, 5.41) is 0. The molecule has 1 saturated heterocycles. The molecular weight excluding hydrogens is 308 g/mol. The van der Waals surface area contributed by atoms with Crippen molar-refractivity contribution in [3.05, 3.63) is 23.8 Å². The van der Waals surface area contributed by atoms with Crippen LogP contribution in [0.4, 0.5) is 5.69 Å². The Morgan fingerprint density at radius 2 is 1.92 bits per heavy atom. The van der Waals surface area contributed by atoms with E-state index >= 15 is 0 Å². The summed E-state index contributed by atoms with van der Waals surface area (Å²) in [5.41, 5.74) is 0.358. The van der Waals surface area contributed by atoms with Gasteiger partial charge in [-0.15, -0.1) is 0 Å². The lowest BCUT2D eigenvalue weighted by molar-refractivity contribution is -0.132. The smallest absolute Gasteiger partial charge is 0.270 e. The van der Waals surface area contributed by atoms with Crippen molar-refractivity contribution in [1.29, 1.82) is 0 Å². The monoisotopic (exact) mass is 332 g/mol. The van der Waals surface area contributed by atoms with Crippen LogP contribution < -0.4 is 9.64 Å². The summed E-state index contributed by atoms with van der Waals surface area (Å²) < 4.78 is 11.2. The molecule has 0 unspecified atom stereocenters. The summed E-state index contributed by atoms with van der Waals surface area (Å²) in [6.07, 6.45) is 0. The predicted molar refractivity (Wildman–Crippen MR) is 90.8 cm³/mol. The molecule has 0 saturated carbocycles. The molecule has 0 atom stereocenters. The zero-order chi connectivity index (χ0) is 17.3. The van der Waals surface area contributed by atoms with Gasteiger partial charge in [0.2, 0.25) is 0 Å². The first-order valence-corrected chi connectivity index (χ1v) is 8.34.